The standard InChI is InChI=1S/C18H18N2O5S/c1-24-15-9-13(10-16(11-15)25-2)18-19(6-7-26-18)17(21)12-4-3-5-14(8-12)20(22)23/h3-5,8-11,18H,6-7H2,1-2H3. The number of nitro groups is 1. The van der Waals surface area contributed by atoms with Crippen molar-refractivity contribution in [2.24, 2.45) is 0 Å². The van der Waals surface area contributed by atoms with Crippen LogP contribution in [0.2, 0.25) is 0 Å². The van der Waals surface area contributed by atoms with Crippen LogP contribution in [0.4, 0.5) is 5.69 Å². The molecule has 1 fully saturated rings. The second kappa shape index (κ2) is 7.65. The Balaban J connectivity index is 1.92. The number of hydrogen-bond acceptors (Lipinski definition) is 6. The molecule has 1 amide bonds. The molecule has 2 aromatic rings. The van der Waals surface area contributed by atoms with Gasteiger partial charge >= 0.3 is 0 Å². The molecule has 2 aromatic carbocycles. The van der Waals surface area contributed by atoms with Crippen molar-refractivity contribution in [2.75, 3.05) is 26.5 Å². The van der Waals surface area contributed by atoms with Gasteiger partial charge in [-0.1, -0.05) is 6.07 Å². The summed E-state index contributed by atoms with van der Waals surface area (Å²) in [6, 6.07) is 11.3. The normalized spacial score (nSPS) is 16.4. The molecule has 1 aliphatic rings. The number of carbonyl (C=O) groups is 1. The lowest BCUT2D eigenvalue weighted by Crippen LogP contribution is -2.30. The van der Waals surface area contributed by atoms with Crippen LogP contribution in [0.5, 0.6) is 11.5 Å². The fourth-order valence-electron chi connectivity index (χ4n) is 2.84. The number of nitro benzene ring substituents is 1. The van der Waals surface area contributed by atoms with Crippen LogP contribution in [0.1, 0.15) is 21.3 Å². The van der Waals surface area contributed by atoms with Crippen molar-refractivity contribution in [3.05, 3.63) is 63.7 Å². The second-order valence-corrected chi connectivity index (χ2v) is 6.86. The van der Waals surface area contributed by atoms with Crippen molar-refractivity contribution in [1.82, 2.24) is 4.90 Å². The van der Waals surface area contributed by atoms with Gasteiger partial charge in [-0.3, -0.25) is 14.9 Å². The summed E-state index contributed by atoms with van der Waals surface area (Å²) in [5.41, 5.74) is 1.10. The average Bonchev–Trinajstić information content (AvgIpc) is 3.16. The van der Waals surface area contributed by atoms with E-state index in [9.17, 15) is 14.9 Å². The molecular formula is C18H18N2O5S. The Morgan fingerprint density at radius 1 is 1.19 bits per heavy atom. The van der Waals surface area contributed by atoms with E-state index < -0.39 is 4.92 Å². The molecule has 0 aliphatic carbocycles. The Bertz CT molecular complexity index is 820. The summed E-state index contributed by atoms with van der Waals surface area (Å²) in [6.45, 7) is 0.566. The van der Waals surface area contributed by atoms with Crippen molar-refractivity contribution >= 4 is 23.4 Å². The predicted molar refractivity (Wildman–Crippen MR) is 98.9 cm³/mol. The lowest BCUT2D eigenvalue weighted by Gasteiger charge is -2.25. The third-order valence-corrected chi connectivity index (χ3v) is 5.38. The Morgan fingerprint density at radius 3 is 2.50 bits per heavy atom. The number of nitrogens with zero attached hydrogens (tertiary/aromatic N) is 2. The zero-order chi connectivity index (χ0) is 18.7. The monoisotopic (exact) mass is 374 g/mol. The molecule has 8 heteroatoms. The van der Waals surface area contributed by atoms with Crippen molar-refractivity contribution in [3.8, 4) is 11.5 Å². The largest absolute Gasteiger partial charge is 0.497 e. The highest BCUT2D eigenvalue weighted by Gasteiger charge is 2.32. The van der Waals surface area contributed by atoms with E-state index in [2.05, 4.69) is 0 Å². The van der Waals surface area contributed by atoms with Crippen molar-refractivity contribution < 1.29 is 19.2 Å². The molecule has 1 unspecified atom stereocenters. The first-order chi connectivity index (χ1) is 12.5. The molecule has 3 rings (SSSR count). The number of amides is 1. The van der Waals surface area contributed by atoms with Gasteiger partial charge in [0, 0.05) is 36.1 Å². The summed E-state index contributed by atoms with van der Waals surface area (Å²) < 4.78 is 10.6. The summed E-state index contributed by atoms with van der Waals surface area (Å²) >= 11 is 1.64. The van der Waals surface area contributed by atoms with E-state index in [1.807, 2.05) is 12.1 Å². The molecular weight excluding hydrogens is 356 g/mol. The quantitative estimate of drug-likeness (QED) is 0.588. The van der Waals surface area contributed by atoms with Crippen LogP contribution in [0.25, 0.3) is 0 Å². The van der Waals surface area contributed by atoms with Gasteiger partial charge in [-0.05, 0) is 23.8 Å². The number of thioether (sulfide) groups is 1. The maximum absolute atomic E-state index is 12.9. The maximum atomic E-state index is 12.9. The number of ether oxygens (including phenoxy) is 2. The molecule has 1 saturated heterocycles. The van der Waals surface area contributed by atoms with Crippen LogP contribution >= 0.6 is 11.8 Å². The van der Waals surface area contributed by atoms with E-state index >= 15 is 0 Å². The van der Waals surface area contributed by atoms with Gasteiger partial charge in [0.15, 0.2) is 0 Å². The number of methoxy groups -OCH3 is 2. The van der Waals surface area contributed by atoms with Gasteiger partial charge in [0.05, 0.1) is 19.1 Å². The minimum absolute atomic E-state index is 0.0951. The fourth-order valence-corrected chi connectivity index (χ4v) is 4.08. The predicted octanol–water partition coefficient (Wildman–Crippen LogP) is 3.50. The van der Waals surface area contributed by atoms with Crippen LogP contribution in [0.15, 0.2) is 42.5 Å². The molecule has 0 N–H and O–H groups in total. The third-order valence-electron chi connectivity index (χ3n) is 4.11. The maximum Gasteiger partial charge on any atom is 0.270 e. The minimum atomic E-state index is -0.500. The first-order valence-electron chi connectivity index (χ1n) is 7.93. The number of rotatable bonds is 5. The first-order valence-corrected chi connectivity index (χ1v) is 8.98. The van der Waals surface area contributed by atoms with Crippen LogP contribution in [-0.4, -0.2) is 42.2 Å². The molecule has 0 aromatic heterocycles. The van der Waals surface area contributed by atoms with E-state index in [-0.39, 0.29) is 17.0 Å². The third kappa shape index (κ3) is 3.60. The van der Waals surface area contributed by atoms with Crippen molar-refractivity contribution in [3.63, 3.8) is 0 Å². The highest BCUT2D eigenvalue weighted by atomic mass is 32.2. The van der Waals surface area contributed by atoms with Crippen LogP contribution < -0.4 is 9.47 Å². The van der Waals surface area contributed by atoms with Crippen LogP contribution in [0.3, 0.4) is 0 Å². The molecule has 1 aliphatic heterocycles. The van der Waals surface area contributed by atoms with Crippen molar-refractivity contribution in [1.29, 1.82) is 0 Å². The fraction of sp³-hybridized carbons (Fsp3) is 0.278. The second-order valence-electron chi connectivity index (χ2n) is 5.68. The number of non-ortho nitro benzene ring substituents is 1. The van der Waals surface area contributed by atoms with E-state index in [1.165, 1.54) is 18.2 Å². The molecule has 0 saturated carbocycles. The zero-order valence-electron chi connectivity index (χ0n) is 14.4. The molecule has 7 nitrogen and oxygen atoms in total. The zero-order valence-corrected chi connectivity index (χ0v) is 15.2. The molecule has 1 atom stereocenters. The topological polar surface area (TPSA) is 81.9 Å². The van der Waals surface area contributed by atoms with Gasteiger partial charge in [0.2, 0.25) is 0 Å². The molecule has 26 heavy (non-hydrogen) atoms. The Labute approximate surface area is 155 Å². The van der Waals surface area contributed by atoms with E-state index in [1.54, 1.807) is 43.0 Å². The lowest BCUT2D eigenvalue weighted by molar-refractivity contribution is -0.384. The SMILES string of the molecule is COc1cc(OC)cc(C2SCCN2C(=O)c2cccc([N+](=O)[O-])c2)c1. The Morgan fingerprint density at radius 2 is 1.88 bits per heavy atom. The highest BCUT2D eigenvalue weighted by molar-refractivity contribution is 7.99. The minimum Gasteiger partial charge on any atom is -0.497 e. The van der Waals surface area contributed by atoms with Gasteiger partial charge in [0.25, 0.3) is 11.6 Å². The molecule has 0 bridgehead atoms. The van der Waals surface area contributed by atoms with E-state index in [0.29, 0.717) is 23.6 Å². The molecule has 1 heterocycles. The lowest BCUT2D eigenvalue weighted by atomic mass is 10.1. The van der Waals surface area contributed by atoms with Crippen LogP contribution in [-0.2, 0) is 0 Å². The van der Waals surface area contributed by atoms with E-state index in [4.69, 9.17) is 9.47 Å². The molecule has 136 valence electrons. The number of carbonyl (C=O) groups excluding carboxylic acids is 1. The average molecular weight is 374 g/mol. The summed E-state index contributed by atoms with van der Waals surface area (Å²) in [5, 5.41) is 10.8. The van der Waals surface area contributed by atoms with Gasteiger partial charge in [0.1, 0.15) is 16.9 Å². The summed E-state index contributed by atoms with van der Waals surface area (Å²) in [7, 11) is 3.15. The molecule has 0 spiro atoms. The van der Waals surface area contributed by atoms with Crippen molar-refractivity contribution in [2.45, 2.75) is 5.37 Å². The Hall–Kier alpha value is -2.74. The molecule has 0 radical (unpaired) electrons. The van der Waals surface area contributed by atoms with Gasteiger partial charge in [-0.25, -0.2) is 0 Å². The number of benzene rings is 2. The Kier molecular flexibility index (Phi) is 5.32. The van der Waals surface area contributed by atoms with Gasteiger partial charge in [-0.2, -0.15) is 0 Å². The van der Waals surface area contributed by atoms with E-state index in [0.717, 1.165) is 11.3 Å². The summed E-state index contributed by atoms with van der Waals surface area (Å²) in [5.74, 6) is 1.85. The summed E-state index contributed by atoms with van der Waals surface area (Å²) in [4.78, 5) is 25.1. The first kappa shape index (κ1) is 18.1. The smallest absolute Gasteiger partial charge is 0.270 e. The van der Waals surface area contributed by atoms with Gasteiger partial charge in [-0.15, -0.1) is 11.8 Å². The number of hydrogen-bond donors (Lipinski definition) is 0. The van der Waals surface area contributed by atoms with Crippen LogP contribution in [0, 0.1) is 10.1 Å². The highest BCUT2D eigenvalue weighted by Crippen LogP contribution is 2.41. The van der Waals surface area contributed by atoms with Gasteiger partial charge < -0.3 is 14.4 Å². The summed E-state index contributed by atoms with van der Waals surface area (Å²) in [6.07, 6.45) is 0.